The summed E-state index contributed by atoms with van der Waals surface area (Å²) >= 11 is 0. The maximum Gasteiger partial charge on any atom is 0.237 e. The molecule has 96 valence electrons. The van der Waals surface area contributed by atoms with Crippen LogP contribution >= 0.6 is 0 Å². The smallest absolute Gasteiger partial charge is 0.237 e. The molecular formula is C12H26N2O2. The van der Waals surface area contributed by atoms with Crippen LogP contribution < -0.4 is 5.32 Å². The van der Waals surface area contributed by atoms with Crippen molar-refractivity contribution < 1.29 is 9.90 Å². The first-order chi connectivity index (χ1) is 7.43. The van der Waals surface area contributed by atoms with Crippen LogP contribution in [0.3, 0.4) is 0 Å². The Hall–Kier alpha value is -0.610. The van der Waals surface area contributed by atoms with Gasteiger partial charge in [-0.3, -0.25) is 9.69 Å². The molecule has 0 saturated heterocycles. The average molecular weight is 230 g/mol. The molecule has 0 aliphatic heterocycles. The van der Waals surface area contributed by atoms with Crippen LogP contribution in [0.2, 0.25) is 0 Å². The second-order valence-electron chi connectivity index (χ2n) is 4.76. The van der Waals surface area contributed by atoms with Gasteiger partial charge < -0.3 is 10.4 Å². The van der Waals surface area contributed by atoms with Gasteiger partial charge in [0.25, 0.3) is 0 Å². The number of aliphatic hydroxyl groups is 1. The largest absolute Gasteiger partial charge is 0.396 e. The van der Waals surface area contributed by atoms with Crippen LogP contribution in [0.5, 0.6) is 0 Å². The highest BCUT2D eigenvalue weighted by atomic mass is 16.3. The number of nitrogens with zero attached hydrogens (tertiary/aromatic N) is 1. The topological polar surface area (TPSA) is 52.6 Å². The normalized spacial score (nSPS) is 15.2. The van der Waals surface area contributed by atoms with E-state index in [1.165, 1.54) is 0 Å². The van der Waals surface area contributed by atoms with Crippen molar-refractivity contribution >= 4 is 5.91 Å². The van der Waals surface area contributed by atoms with Crippen LogP contribution in [-0.2, 0) is 4.79 Å². The zero-order chi connectivity index (χ0) is 12.7. The number of carbonyl (C=O) groups excluding carboxylic acids is 1. The third-order valence-electron chi connectivity index (χ3n) is 2.89. The molecule has 0 aliphatic carbocycles. The average Bonchev–Trinajstić information content (AvgIpc) is 2.17. The van der Waals surface area contributed by atoms with E-state index in [4.69, 9.17) is 5.11 Å². The molecule has 0 rings (SSSR count). The lowest BCUT2D eigenvalue weighted by Crippen LogP contribution is -2.48. The summed E-state index contributed by atoms with van der Waals surface area (Å²) in [5.41, 5.74) is 0. The minimum absolute atomic E-state index is 0.0552. The maximum absolute atomic E-state index is 12.0. The molecule has 0 aliphatic rings. The molecule has 4 nitrogen and oxygen atoms in total. The number of rotatable bonds is 7. The van der Waals surface area contributed by atoms with Crippen LogP contribution in [0, 0.1) is 5.92 Å². The number of aliphatic hydroxyl groups excluding tert-OH is 1. The first kappa shape index (κ1) is 15.4. The highest BCUT2D eigenvalue weighted by Crippen LogP contribution is 2.07. The molecule has 0 aromatic carbocycles. The van der Waals surface area contributed by atoms with Gasteiger partial charge >= 0.3 is 0 Å². The third-order valence-corrected chi connectivity index (χ3v) is 2.89. The van der Waals surface area contributed by atoms with Crippen LogP contribution in [-0.4, -0.2) is 48.7 Å². The Morgan fingerprint density at radius 2 is 1.94 bits per heavy atom. The summed E-state index contributed by atoms with van der Waals surface area (Å²) in [4.78, 5) is 13.9. The van der Waals surface area contributed by atoms with E-state index in [1.807, 2.05) is 25.9 Å². The quantitative estimate of drug-likeness (QED) is 0.682. The molecule has 1 unspecified atom stereocenters. The molecule has 0 heterocycles. The zero-order valence-electron chi connectivity index (χ0n) is 11.2. The molecule has 0 spiro atoms. The number of likely N-dealkylation sites (N-methyl/N-ethyl adjacent to an activating group) is 1. The second kappa shape index (κ2) is 7.63. The van der Waals surface area contributed by atoms with E-state index in [0.29, 0.717) is 12.3 Å². The van der Waals surface area contributed by atoms with Gasteiger partial charge in [-0.05, 0) is 32.9 Å². The molecule has 1 amide bonds. The van der Waals surface area contributed by atoms with Gasteiger partial charge in [0.1, 0.15) is 0 Å². The van der Waals surface area contributed by atoms with Gasteiger partial charge in [-0.15, -0.1) is 0 Å². The zero-order valence-corrected chi connectivity index (χ0v) is 11.2. The van der Waals surface area contributed by atoms with Gasteiger partial charge in [-0.1, -0.05) is 20.8 Å². The van der Waals surface area contributed by atoms with E-state index in [1.54, 1.807) is 0 Å². The van der Waals surface area contributed by atoms with Crippen molar-refractivity contribution in [2.45, 2.75) is 45.7 Å². The summed E-state index contributed by atoms with van der Waals surface area (Å²) in [7, 11) is 3.81. The number of hydrogen-bond acceptors (Lipinski definition) is 3. The molecule has 0 aromatic rings. The molecule has 2 atom stereocenters. The Balaban J connectivity index is 4.37. The van der Waals surface area contributed by atoms with Crippen molar-refractivity contribution in [3.8, 4) is 0 Å². The number of carbonyl (C=O) groups is 1. The fourth-order valence-electron chi connectivity index (χ4n) is 1.78. The fraction of sp³-hybridized carbons (Fsp3) is 0.917. The summed E-state index contributed by atoms with van der Waals surface area (Å²) in [6, 6.07) is -0.0218. The highest BCUT2D eigenvalue weighted by molar-refractivity contribution is 5.81. The molecule has 16 heavy (non-hydrogen) atoms. The Labute approximate surface area is 99.0 Å². The minimum atomic E-state index is -0.0834. The SMILES string of the molecule is CC[C@@H](C(=O)NC(CCO)C(C)C)N(C)C. The number of amides is 1. The molecule has 0 fully saturated rings. The highest BCUT2D eigenvalue weighted by Gasteiger charge is 2.22. The summed E-state index contributed by atoms with van der Waals surface area (Å²) in [6.07, 6.45) is 1.41. The maximum atomic E-state index is 12.0. The van der Waals surface area contributed by atoms with Crippen molar-refractivity contribution in [3.63, 3.8) is 0 Å². The molecule has 0 bridgehead atoms. The van der Waals surface area contributed by atoms with Crippen molar-refractivity contribution in [3.05, 3.63) is 0 Å². The summed E-state index contributed by atoms with van der Waals surface area (Å²) in [5.74, 6) is 0.399. The van der Waals surface area contributed by atoms with Gasteiger partial charge in [0.2, 0.25) is 5.91 Å². The van der Waals surface area contributed by atoms with Gasteiger partial charge in [-0.2, -0.15) is 0 Å². The predicted octanol–water partition coefficient (Wildman–Crippen LogP) is 0.850. The first-order valence-electron chi connectivity index (χ1n) is 6.01. The summed E-state index contributed by atoms with van der Waals surface area (Å²) < 4.78 is 0. The van der Waals surface area contributed by atoms with Crippen molar-refractivity contribution in [2.24, 2.45) is 5.92 Å². The van der Waals surface area contributed by atoms with E-state index >= 15 is 0 Å². The lowest BCUT2D eigenvalue weighted by Gasteiger charge is -2.27. The standard InChI is InChI=1S/C12H26N2O2/c1-6-11(14(4)5)12(16)13-10(7-8-15)9(2)3/h9-11,15H,6-8H2,1-5H3,(H,13,16)/t10?,11-/m0/s1. The van der Waals surface area contributed by atoms with Gasteiger partial charge in [0.15, 0.2) is 0 Å². The van der Waals surface area contributed by atoms with E-state index in [0.717, 1.165) is 6.42 Å². The van der Waals surface area contributed by atoms with Crippen LogP contribution in [0.4, 0.5) is 0 Å². The lowest BCUT2D eigenvalue weighted by atomic mass is 10.0. The van der Waals surface area contributed by atoms with Crippen LogP contribution in [0.25, 0.3) is 0 Å². The second-order valence-corrected chi connectivity index (χ2v) is 4.76. The van der Waals surface area contributed by atoms with Crippen molar-refractivity contribution in [2.75, 3.05) is 20.7 Å². The Bertz CT molecular complexity index is 205. The summed E-state index contributed by atoms with van der Waals surface area (Å²) in [6.45, 7) is 6.22. The van der Waals surface area contributed by atoms with Crippen molar-refractivity contribution in [1.29, 1.82) is 0 Å². The van der Waals surface area contributed by atoms with Gasteiger partial charge in [0.05, 0.1) is 6.04 Å². The minimum Gasteiger partial charge on any atom is -0.396 e. The van der Waals surface area contributed by atoms with Gasteiger partial charge in [-0.25, -0.2) is 0 Å². The van der Waals surface area contributed by atoms with Crippen LogP contribution in [0.1, 0.15) is 33.6 Å². The van der Waals surface area contributed by atoms with E-state index < -0.39 is 0 Å². The molecule has 0 radical (unpaired) electrons. The monoisotopic (exact) mass is 230 g/mol. The number of nitrogens with one attached hydrogen (secondary N) is 1. The van der Waals surface area contributed by atoms with E-state index in [9.17, 15) is 4.79 Å². The fourth-order valence-corrected chi connectivity index (χ4v) is 1.78. The molecule has 0 saturated carbocycles. The summed E-state index contributed by atoms with van der Waals surface area (Å²) in [5, 5.41) is 12.0. The van der Waals surface area contributed by atoms with Crippen LogP contribution in [0.15, 0.2) is 0 Å². The molecule has 0 aromatic heterocycles. The molecule has 2 N–H and O–H groups in total. The Morgan fingerprint density at radius 1 is 1.38 bits per heavy atom. The van der Waals surface area contributed by atoms with E-state index in [2.05, 4.69) is 19.2 Å². The third kappa shape index (κ3) is 4.94. The van der Waals surface area contributed by atoms with E-state index in [-0.39, 0.29) is 24.6 Å². The Kier molecular flexibility index (Phi) is 7.34. The lowest BCUT2D eigenvalue weighted by molar-refractivity contribution is -0.126. The molecular weight excluding hydrogens is 204 g/mol. The first-order valence-corrected chi connectivity index (χ1v) is 6.01. The Morgan fingerprint density at radius 3 is 2.25 bits per heavy atom. The predicted molar refractivity (Wildman–Crippen MR) is 66.2 cm³/mol. The van der Waals surface area contributed by atoms with Crippen molar-refractivity contribution in [1.82, 2.24) is 10.2 Å². The number of hydrogen-bond donors (Lipinski definition) is 2. The molecule has 4 heteroatoms. The van der Waals surface area contributed by atoms with Gasteiger partial charge in [0, 0.05) is 12.6 Å².